The summed E-state index contributed by atoms with van der Waals surface area (Å²) in [4.78, 5) is 28.9. The number of hydrogen-bond donors (Lipinski definition) is 2. The van der Waals surface area contributed by atoms with Crippen LogP contribution in [-0.4, -0.2) is 34.1 Å². The van der Waals surface area contributed by atoms with Gasteiger partial charge in [0.15, 0.2) is 0 Å². The van der Waals surface area contributed by atoms with E-state index in [0.29, 0.717) is 34.6 Å². The van der Waals surface area contributed by atoms with Crippen LogP contribution in [0.1, 0.15) is 28.1 Å². The monoisotopic (exact) mass is 545 g/mol. The molecule has 4 aromatic rings. The maximum atomic E-state index is 12.4. The van der Waals surface area contributed by atoms with Crippen LogP contribution in [0.4, 0.5) is 10.9 Å². The number of nitrogens with one attached hydrogen (secondary N) is 2. The molecule has 0 bridgehead atoms. The summed E-state index contributed by atoms with van der Waals surface area (Å²) in [5, 5.41) is 15.5. The number of carbonyl (C=O) groups is 2. The van der Waals surface area contributed by atoms with Gasteiger partial charge in [-0.3, -0.25) is 9.59 Å². The average molecular weight is 546 g/mol. The van der Waals surface area contributed by atoms with E-state index in [1.165, 1.54) is 11.3 Å². The van der Waals surface area contributed by atoms with Gasteiger partial charge in [0.05, 0.1) is 20.0 Å². The Morgan fingerprint density at radius 3 is 2.45 bits per heavy atom. The molecule has 0 aliphatic carbocycles. The normalized spacial score (nSPS) is 10.3. The van der Waals surface area contributed by atoms with E-state index < -0.39 is 0 Å². The molecule has 0 saturated carbocycles. The van der Waals surface area contributed by atoms with Crippen molar-refractivity contribution in [1.29, 1.82) is 0 Å². The minimum absolute atomic E-state index is 0.168. The molecule has 0 spiro atoms. The minimum Gasteiger partial charge on any atom is -0.496 e. The number of amides is 2. The van der Waals surface area contributed by atoms with Crippen LogP contribution in [0.5, 0.6) is 5.75 Å². The van der Waals surface area contributed by atoms with E-state index in [9.17, 15) is 9.59 Å². The van der Waals surface area contributed by atoms with Gasteiger partial charge < -0.3 is 15.4 Å². The first-order valence-electron chi connectivity index (χ1n) is 11.7. The Labute approximate surface area is 229 Å². The third-order valence-corrected chi connectivity index (χ3v) is 6.56. The van der Waals surface area contributed by atoms with Crippen molar-refractivity contribution in [3.05, 3.63) is 93.6 Å². The van der Waals surface area contributed by atoms with Gasteiger partial charge in [-0.05, 0) is 29.8 Å². The number of rotatable bonds is 9. The van der Waals surface area contributed by atoms with E-state index in [4.69, 9.17) is 16.3 Å². The van der Waals surface area contributed by atoms with Gasteiger partial charge in [-0.1, -0.05) is 71.2 Å². The molecule has 0 aliphatic heterocycles. The van der Waals surface area contributed by atoms with Crippen molar-refractivity contribution >= 4 is 45.7 Å². The molecule has 38 heavy (non-hydrogen) atoms. The molecule has 0 atom stereocenters. The van der Waals surface area contributed by atoms with Crippen LogP contribution >= 0.6 is 22.9 Å². The molecule has 2 heterocycles. The fraction of sp³-hybridized carbons (Fsp3) is 0.179. The van der Waals surface area contributed by atoms with Crippen LogP contribution in [0.3, 0.4) is 0 Å². The number of aromatic nitrogens is 3. The van der Waals surface area contributed by atoms with E-state index in [1.54, 1.807) is 31.5 Å². The Morgan fingerprint density at radius 2 is 1.68 bits per heavy atom. The first kappa shape index (κ1) is 26.8. The van der Waals surface area contributed by atoms with E-state index in [0.717, 1.165) is 21.7 Å². The molecule has 0 fully saturated rings. The Kier molecular flexibility index (Phi) is 9.40. The first-order chi connectivity index (χ1) is 18.5. The van der Waals surface area contributed by atoms with Crippen molar-refractivity contribution in [2.75, 3.05) is 17.7 Å². The SMILES string of the molecule is COc1ccccc1CC(=O)Nc1nnc(CCC#Cc2ccc(NC(=O)Cc3ccccc3Cl)nc2)s1. The molecule has 10 heteroatoms. The summed E-state index contributed by atoms with van der Waals surface area (Å²) in [6.45, 7) is 0. The number of para-hydroxylation sites is 1. The number of methoxy groups -OCH3 is 1. The van der Waals surface area contributed by atoms with Crippen molar-refractivity contribution in [2.24, 2.45) is 0 Å². The van der Waals surface area contributed by atoms with Crippen LogP contribution in [-0.2, 0) is 28.9 Å². The van der Waals surface area contributed by atoms with Crippen LogP contribution in [0.15, 0.2) is 66.9 Å². The number of hydrogen-bond acceptors (Lipinski definition) is 7. The van der Waals surface area contributed by atoms with Crippen molar-refractivity contribution in [2.45, 2.75) is 25.7 Å². The summed E-state index contributed by atoms with van der Waals surface area (Å²) in [5.41, 5.74) is 2.29. The van der Waals surface area contributed by atoms with Gasteiger partial charge in [-0.25, -0.2) is 4.98 Å². The Morgan fingerprint density at radius 1 is 0.947 bits per heavy atom. The second-order valence-corrected chi connectivity index (χ2v) is 9.56. The lowest BCUT2D eigenvalue weighted by atomic mass is 10.1. The molecular weight excluding hydrogens is 522 g/mol. The van der Waals surface area contributed by atoms with Crippen LogP contribution in [0.2, 0.25) is 5.02 Å². The van der Waals surface area contributed by atoms with Gasteiger partial charge in [0, 0.05) is 35.2 Å². The zero-order chi connectivity index (χ0) is 26.7. The molecule has 4 rings (SSSR count). The second kappa shape index (κ2) is 13.3. The number of anilines is 2. The molecule has 0 radical (unpaired) electrons. The number of nitrogens with zero attached hydrogens (tertiary/aromatic N) is 3. The number of halogens is 1. The lowest BCUT2D eigenvalue weighted by molar-refractivity contribution is -0.116. The lowest BCUT2D eigenvalue weighted by Gasteiger charge is -2.07. The summed E-state index contributed by atoms with van der Waals surface area (Å²) in [5.74, 6) is 6.87. The zero-order valence-corrected chi connectivity index (χ0v) is 22.1. The molecule has 192 valence electrons. The van der Waals surface area contributed by atoms with E-state index in [-0.39, 0.29) is 24.7 Å². The fourth-order valence-corrected chi connectivity index (χ4v) is 4.43. The van der Waals surface area contributed by atoms with Gasteiger partial charge in [0.2, 0.25) is 16.9 Å². The first-order valence-corrected chi connectivity index (χ1v) is 12.9. The van der Waals surface area contributed by atoms with Gasteiger partial charge in [0.25, 0.3) is 0 Å². The summed E-state index contributed by atoms with van der Waals surface area (Å²) in [6.07, 6.45) is 3.14. The van der Waals surface area contributed by atoms with Gasteiger partial charge in [-0.2, -0.15) is 0 Å². The van der Waals surface area contributed by atoms with Crippen molar-refractivity contribution in [1.82, 2.24) is 15.2 Å². The zero-order valence-electron chi connectivity index (χ0n) is 20.5. The third-order valence-electron chi connectivity index (χ3n) is 5.29. The molecule has 2 aromatic carbocycles. The van der Waals surface area contributed by atoms with Crippen molar-refractivity contribution < 1.29 is 14.3 Å². The molecular formula is C28H24ClN5O3S. The fourth-order valence-electron chi connectivity index (χ4n) is 3.47. The van der Waals surface area contributed by atoms with Crippen LogP contribution in [0.25, 0.3) is 0 Å². The highest BCUT2D eigenvalue weighted by molar-refractivity contribution is 7.15. The maximum Gasteiger partial charge on any atom is 0.230 e. The lowest BCUT2D eigenvalue weighted by Crippen LogP contribution is -2.15. The minimum atomic E-state index is -0.197. The van der Waals surface area contributed by atoms with Gasteiger partial charge in [-0.15, -0.1) is 10.2 Å². The molecule has 8 nitrogen and oxygen atoms in total. The highest BCUT2D eigenvalue weighted by atomic mass is 35.5. The van der Waals surface area contributed by atoms with Crippen LogP contribution in [0, 0.1) is 11.8 Å². The molecule has 0 saturated heterocycles. The standard InChI is InChI=1S/C28H24ClN5O3S/c1-37-23-12-6-4-10-21(23)17-26(36)32-28-34-33-27(38-28)13-7-2-8-19-14-15-24(30-18-19)31-25(35)16-20-9-3-5-11-22(20)29/h3-6,9-12,14-15,18H,7,13,16-17H2,1H3,(H,30,31,35)(H,32,34,36). The summed E-state index contributed by atoms with van der Waals surface area (Å²) < 4.78 is 5.29. The van der Waals surface area contributed by atoms with Gasteiger partial charge in [0.1, 0.15) is 16.6 Å². The van der Waals surface area contributed by atoms with Crippen LogP contribution < -0.4 is 15.4 Å². The molecule has 2 aromatic heterocycles. The molecule has 2 N–H and O–H groups in total. The molecule has 0 unspecified atom stereocenters. The molecule has 2 amide bonds. The van der Waals surface area contributed by atoms with Crippen molar-refractivity contribution in [3.63, 3.8) is 0 Å². The second-order valence-electron chi connectivity index (χ2n) is 8.09. The smallest absolute Gasteiger partial charge is 0.230 e. The van der Waals surface area contributed by atoms with E-state index >= 15 is 0 Å². The van der Waals surface area contributed by atoms with E-state index in [1.807, 2.05) is 42.5 Å². The average Bonchev–Trinajstić information content (AvgIpc) is 3.36. The number of aryl methyl sites for hydroxylation is 1. The third kappa shape index (κ3) is 7.87. The number of benzene rings is 2. The number of carbonyl (C=O) groups excluding carboxylic acids is 2. The quantitative estimate of drug-likeness (QED) is 0.288. The summed E-state index contributed by atoms with van der Waals surface area (Å²) in [6, 6.07) is 18.1. The number of ether oxygens (including phenoxy) is 1. The predicted octanol–water partition coefficient (Wildman–Crippen LogP) is 4.94. The highest BCUT2D eigenvalue weighted by Crippen LogP contribution is 2.20. The maximum absolute atomic E-state index is 12.4. The topological polar surface area (TPSA) is 106 Å². The van der Waals surface area contributed by atoms with Gasteiger partial charge >= 0.3 is 0 Å². The Hall–Kier alpha value is -4.26. The highest BCUT2D eigenvalue weighted by Gasteiger charge is 2.11. The molecule has 0 aliphatic rings. The predicted molar refractivity (Wildman–Crippen MR) is 148 cm³/mol. The summed E-state index contributed by atoms with van der Waals surface area (Å²) in [7, 11) is 1.58. The van der Waals surface area contributed by atoms with Crippen molar-refractivity contribution in [3.8, 4) is 17.6 Å². The largest absolute Gasteiger partial charge is 0.496 e. The Balaban J connectivity index is 1.22. The Bertz CT molecular complexity index is 1480. The summed E-state index contributed by atoms with van der Waals surface area (Å²) >= 11 is 7.43. The number of pyridine rings is 1. The van der Waals surface area contributed by atoms with E-state index in [2.05, 4.69) is 37.7 Å².